The van der Waals surface area contributed by atoms with Gasteiger partial charge >= 0.3 is 0 Å². The molecule has 0 saturated heterocycles. The first-order valence-corrected chi connectivity index (χ1v) is 4.43. The molecular formula is C10H12FNO. The first kappa shape index (κ1) is 8.51. The highest BCUT2D eigenvalue weighted by molar-refractivity contribution is 5.38. The van der Waals surface area contributed by atoms with Crippen LogP contribution in [0.25, 0.3) is 0 Å². The van der Waals surface area contributed by atoms with Crippen LogP contribution in [-0.2, 0) is 0 Å². The van der Waals surface area contributed by atoms with Gasteiger partial charge in [0.05, 0.1) is 6.61 Å². The highest BCUT2D eigenvalue weighted by Crippen LogP contribution is 2.33. The van der Waals surface area contributed by atoms with E-state index in [9.17, 15) is 4.39 Å². The van der Waals surface area contributed by atoms with Gasteiger partial charge in [-0.3, -0.25) is 0 Å². The summed E-state index contributed by atoms with van der Waals surface area (Å²) < 4.78 is 18.2. The molecule has 2 N–H and O–H groups in total. The smallest absolute Gasteiger partial charge is 0.126 e. The van der Waals surface area contributed by atoms with E-state index in [-0.39, 0.29) is 5.82 Å². The topological polar surface area (TPSA) is 35.2 Å². The highest BCUT2D eigenvalue weighted by Gasteiger charge is 2.20. The molecule has 0 spiro atoms. The van der Waals surface area contributed by atoms with Gasteiger partial charge in [0.1, 0.15) is 11.6 Å². The van der Waals surface area contributed by atoms with Crippen LogP contribution in [0.15, 0.2) is 18.2 Å². The SMILES string of the molecule is NC[C@@H]1CCOc2cc(F)ccc21. The van der Waals surface area contributed by atoms with Gasteiger partial charge in [-0.2, -0.15) is 0 Å². The Kier molecular flexibility index (Phi) is 2.19. The van der Waals surface area contributed by atoms with Crippen molar-refractivity contribution in [3.05, 3.63) is 29.6 Å². The van der Waals surface area contributed by atoms with Crippen LogP contribution >= 0.6 is 0 Å². The quantitative estimate of drug-likeness (QED) is 0.715. The van der Waals surface area contributed by atoms with Crippen LogP contribution in [0.3, 0.4) is 0 Å². The molecular weight excluding hydrogens is 169 g/mol. The van der Waals surface area contributed by atoms with Crippen LogP contribution in [0.5, 0.6) is 5.75 Å². The second-order valence-electron chi connectivity index (χ2n) is 3.25. The highest BCUT2D eigenvalue weighted by atomic mass is 19.1. The molecule has 1 atom stereocenters. The fourth-order valence-corrected chi connectivity index (χ4v) is 1.68. The average molecular weight is 181 g/mol. The number of rotatable bonds is 1. The first-order valence-electron chi connectivity index (χ1n) is 4.43. The van der Waals surface area contributed by atoms with Gasteiger partial charge in [-0.1, -0.05) is 6.07 Å². The van der Waals surface area contributed by atoms with Crippen molar-refractivity contribution in [1.82, 2.24) is 0 Å². The van der Waals surface area contributed by atoms with Crippen molar-refractivity contribution in [2.45, 2.75) is 12.3 Å². The molecule has 0 bridgehead atoms. The predicted octanol–water partition coefficient (Wildman–Crippen LogP) is 1.65. The zero-order chi connectivity index (χ0) is 9.26. The lowest BCUT2D eigenvalue weighted by molar-refractivity contribution is 0.267. The van der Waals surface area contributed by atoms with Crippen molar-refractivity contribution >= 4 is 0 Å². The van der Waals surface area contributed by atoms with Gasteiger partial charge in [0.25, 0.3) is 0 Å². The van der Waals surface area contributed by atoms with Crippen molar-refractivity contribution in [3.63, 3.8) is 0 Å². The summed E-state index contributed by atoms with van der Waals surface area (Å²) in [6, 6.07) is 4.65. The maximum atomic E-state index is 12.8. The van der Waals surface area contributed by atoms with Gasteiger partial charge in [-0.25, -0.2) is 4.39 Å². The summed E-state index contributed by atoms with van der Waals surface area (Å²) in [5.74, 6) is 0.725. The lowest BCUT2D eigenvalue weighted by Crippen LogP contribution is -2.20. The fraction of sp³-hybridized carbons (Fsp3) is 0.400. The minimum Gasteiger partial charge on any atom is -0.493 e. The summed E-state index contributed by atoms with van der Waals surface area (Å²) in [4.78, 5) is 0. The normalized spacial score (nSPS) is 20.6. The Morgan fingerprint density at radius 2 is 2.38 bits per heavy atom. The molecule has 2 rings (SSSR count). The molecule has 0 unspecified atom stereocenters. The van der Waals surface area contributed by atoms with Crippen LogP contribution in [0.1, 0.15) is 17.9 Å². The summed E-state index contributed by atoms with van der Waals surface area (Å²) in [6.07, 6.45) is 0.926. The Labute approximate surface area is 76.5 Å². The van der Waals surface area contributed by atoms with Crippen molar-refractivity contribution in [2.24, 2.45) is 5.73 Å². The number of halogens is 1. The molecule has 1 aromatic carbocycles. The number of fused-ring (bicyclic) bond motifs is 1. The lowest BCUT2D eigenvalue weighted by atomic mass is 9.93. The van der Waals surface area contributed by atoms with Crippen LogP contribution < -0.4 is 10.5 Å². The van der Waals surface area contributed by atoms with Crippen LogP contribution in [0, 0.1) is 5.82 Å². The van der Waals surface area contributed by atoms with Gasteiger partial charge in [-0.15, -0.1) is 0 Å². The van der Waals surface area contributed by atoms with Crippen molar-refractivity contribution in [3.8, 4) is 5.75 Å². The van der Waals surface area contributed by atoms with Crippen molar-refractivity contribution in [1.29, 1.82) is 0 Å². The second-order valence-corrected chi connectivity index (χ2v) is 3.25. The zero-order valence-electron chi connectivity index (χ0n) is 7.29. The van der Waals surface area contributed by atoms with E-state index in [2.05, 4.69) is 0 Å². The van der Waals surface area contributed by atoms with E-state index >= 15 is 0 Å². The Hall–Kier alpha value is -1.09. The molecule has 0 aromatic heterocycles. The summed E-state index contributed by atoms with van der Waals surface area (Å²) >= 11 is 0. The Morgan fingerprint density at radius 3 is 3.15 bits per heavy atom. The summed E-state index contributed by atoms with van der Waals surface area (Å²) in [6.45, 7) is 1.24. The zero-order valence-corrected chi connectivity index (χ0v) is 7.29. The monoisotopic (exact) mass is 181 g/mol. The molecule has 2 nitrogen and oxygen atoms in total. The molecule has 0 radical (unpaired) electrons. The van der Waals surface area contributed by atoms with Gasteiger partial charge in [0.2, 0.25) is 0 Å². The molecule has 13 heavy (non-hydrogen) atoms. The third-order valence-electron chi connectivity index (χ3n) is 2.42. The summed E-state index contributed by atoms with van der Waals surface area (Å²) in [5.41, 5.74) is 6.64. The fourth-order valence-electron chi connectivity index (χ4n) is 1.68. The number of ether oxygens (including phenoxy) is 1. The molecule has 70 valence electrons. The molecule has 0 amide bonds. The molecule has 1 aromatic rings. The molecule has 0 fully saturated rings. The maximum absolute atomic E-state index is 12.8. The van der Waals surface area contributed by atoms with Gasteiger partial charge in [-0.05, 0) is 24.6 Å². The largest absolute Gasteiger partial charge is 0.493 e. The summed E-state index contributed by atoms with van der Waals surface area (Å²) in [5, 5.41) is 0. The van der Waals surface area contributed by atoms with Gasteiger partial charge in [0, 0.05) is 12.0 Å². The number of nitrogens with two attached hydrogens (primary N) is 1. The standard InChI is InChI=1S/C10H12FNO/c11-8-1-2-9-7(6-12)3-4-13-10(9)5-8/h1-2,5,7H,3-4,6,12H2/t7-/m0/s1. The number of hydrogen-bond donors (Lipinski definition) is 1. The average Bonchev–Trinajstić information content (AvgIpc) is 2.16. The van der Waals surface area contributed by atoms with Gasteiger partial charge < -0.3 is 10.5 Å². The lowest BCUT2D eigenvalue weighted by Gasteiger charge is -2.24. The maximum Gasteiger partial charge on any atom is 0.126 e. The molecule has 0 saturated carbocycles. The minimum absolute atomic E-state index is 0.253. The predicted molar refractivity (Wildman–Crippen MR) is 48.3 cm³/mol. The second kappa shape index (κ2) is 3.34. The molecule has 3 heteroatoms. The van der Waals surface area contributed by atoms with E-state index in [1.807, 2.05) is 0 Å². The Bertz CT molecular complexity index is 314. The molecule has 1 aliphatic heterocycles. The van der Waals surface area contributed by atoms with E-state index in [0.717, 1.165) is 12.0 Å². The third-order valence-corrected chi connectivity index (χ3v) is 2.42. The van der Waals surface area contributed by atoms with E-state index in [1.165, 1.54) is 12.1 Å². The van der Waals surface area contributed by atoms with Crippen LogP contribution in [0.2, 0.25) is 0 Å². The van der Waals surface area contributed by atoms with Crippen LogP contribution in [0.4, 0.5) is 4.39 Å². The molecule has 1 aliphatic rings. The van der Waals surface area contributed by atoms with Crippen molar-refractivity contribution in [2.75, 3.05) is 13.2 Å². The Balaban J connectivity index is 2.40. The van der Waals surface area contributed by atoms with Gasteiger partial charge in [0.15, 0.2) is 0 Å². The molecule has 1 heterocycles. The Morgan fingerprint density at radius 1 is 1.54 bits per heavy atom. The number of hydrogen-bond acceptors (Lipinski definition) is 2. The van der Waals surface area contributed by atoms with E-state index in [4.69, 9.17) is 10.5 Å². The molecule has 0 aliphatic carbocycles. The minimum atomic E-state index is -0.253. The van der Waals surface area contributed by atoms with Crippen molar-refractivity contribution < 1.29 is 9.13 Å². The van der Waals surface area contributed by atoms with E-state index in [0.29, 0.717) is 24.8 Å². The number of benzene rings is 1. The first-order chi connectivity index (χ1) is 6.31. The van der Waals surface area contributed by atoms with E-state index in [1.54, 1.807) is 6.07 Å². The summed E-state index contributed by atoms with van der Waals surface area (Å²) in [7, 11) is 0. The van der Waals surface area contributed by atoms with E-state index < -0.39 is 0 Å². The third kappa shape index (κ3) is 1.52. The van der Waals surface area contributed by atoms with Crippen LogP contribution in [-0.4, -0.2) is 13.2 Å².